The van der Waals surface area contributed by atoms with Crippen molar-refractivity contribution in [3.8, 4) is 0 Å². The summed E-state index contributed by atoms with van der Waals surface area (Å²) in [4.78, 5) is 0. The normalized spacial score (nSPS) is 19.8. The molecule has 0 fully saturated rings. The van der Waals surface area contributed by atoms with Crippen LogP contribution >= 0.6 is 0 Å². The third kappa shape index (κ3) is 2.02. The molecule has 1 N–H and O–H groups in total. The molecule has 102 valence electrons. The molecule has 2 aromatic rings. The molecule has 0 radical (unpaired) electrons. The van der Waals surface area contributed by atoms with E-state index in [-0.39, 0.29) is 0 Å². The number of aryl methyl sites for hydroxylation is 4. The smallest absolute Gasteiger partial charge is 0.0519 e. The van der Waals surface area contributed by atoms with Gasteiger partial charge in [-0.25, -0.2) is 0 Å². The van der Waals surface area contributed by atoms with Crippen LogP contribution < -0.4 is 5.32 Å². The summed E-state index contributed by atoms with van der Waals surface area (Å²) in [6.07, 6.45) is 6.27. The molecule has 0 spiro atoms. The molecule has 2 aliphatic rings. The highest BCUT2D eigenvalue weighted by Crippen LogP contribution is 2.35. The highest BCUT2D eigenvalue weighted by atomic mass is 14.9. The summed E-state index contributed by atoms with van der Waals surface area (Å²) in [7, 11) is 0. The molecule has 0 aliphatic heterocycles. The largest absolute Gasteiger partial charge is 0.378 e. The van der Waals surface area contributed by atoms with Crippen molar-refractivity contribution in [3.63, 3.8) is 0 Å². The Morgan fingerprint density at radius 2 is 1.75 bits per heavy atom. The summed E-state index contributed by atoms with van der Waals surface area (Å²) in [6, 6.07) is 14.3. The number of fused-ring (bicyclic) bond motifs is 2. The third-order valence-corrected chi connectivity index (χ3v) is 4.82. The van der Waals surface area contributed by atoms with E-state index in [9.17, 15) is 0 Å². The standard InChI is InChI=1S/C19H21N/c1-13-5-6-15-8-10-19(18(15)11-13)20-17-9-7-14-3-2-4-16(14)12-17/h5-7,9,11-12,19-20H,2-4,8,10H2,1H3. The third-order valence-electron chi connectivity index (χ3n) is 4.82. The summed E-state index contributed by atoms with van der Waals surface area (Å²) in [5.41, 5.74) is 8.80. The van der Waals surface area contributed by atoms with Crippen LogP contribution in [0.25, 0.3) is 0 Å². The maximum atomic E-state index is 3.75. The van der Waals surface area contributed by atoms with Gasteiger partial charge in [0.1, 0.15) is 0 Å². The van der Waals surface area contributed by atoms with Crippen LogP contribution in [0.5, 0.6) is 0 Å². The quantitative estimate of drug-likeness (QED) is 0.836. The van der Waals surface area contributed by atoms with E-state index in [0.29, 0.717) is 6.04 Å². The minimum atomic E-state index is 0.490. The van der Waals surface area contributed by atoms with Crippen LogP contribution in [0.2, 0.25) is 0 Å². The minimum Gasteiger partial charge on any atom is -0.378 e. The zero-order chi connectivity index (χ0) is 13.5. The lowest BCUT2D eigenvalue weighted by molar-refractivity contribution is 0.761. The number of hydrogen-bond donors (Lipinski definition) is 1. The van der Waals surface area contributed by atoms with Crippen molar-refractivity contribution in [2.24, 2.45) is 0 Å². The van der Waals surface area contributed by atoms with Crippen molar-refractivity contribution in [1.29, 1.82) is 0 Å². The first-order chi connectivity index (χ1) is 9.79. The summed E-state index contributed by atoms with van der Waals surface area (Å²) >= 11 is 0. The van der Waals surface area contributed by atoms with Crippen molar-refractivity contribution in [2.75, 3.05) is 5.32 Å². The van der Waals surface area contributed by atoms with Gasteiger partial charge in [-0.15, -0.1) is 0 Å². The van der Waals surface area contributed by atoms with Crippen LogP contribution in [0.3, 0.4) is 0 Å². The first-order valence-corrected chi connectivity index (χ1v) is 7.77. The van der Waals surface area contributed by atoms with Crippen LogP contribution in [0, 0.1) is 6.92 Å². The average molecular weight is 263 g/mol. The molecule has 1 nitrogen and oxygen atoms in total. The number of benzene rings is 2. The summed E-state index contributed by atoms with van der Waals surface area (Å²) in [5.74, 6) is 0. The molecule has 1 unspecified atom stereocenters. The van der Waals surface area contributed by atoms with Gasteiger partial charge in [-0.05, 0) is 73.4 Å². The van der Waals surface area contributed by atoms with Gasteiger partial charge in [-0.2, -0.15) is 0 Å². The highest BCUT2D eigenvalue weighted by molar-refractivity contribution is 5.53. The van der Waals surface area contributed by atoms with Crippen LogP contribution in [0.4, 0.5) is 5.69 Å². The molecule has 2 aliphatic carbocycles. The second kappa shape index (κ2) is 4.66. The van der Waals surface area contributed by atoms with E-state index < -0.39 is 0 Å². The Hall–Kier alpha value is -1.76. The maximum Gasteiger partial charge on any atom is 0.0519 e. The zero-order valence-corrected chi connectivity index (χ0v) is 12.1. The van der Waals surface area contributed by atoms with E-state index in [2.05, 4.69) is 48.6 Å². The van der Waals surface area contributed by atoms with Gasteiger partial charge in [0.15, 0.2) is 0 Å². The number of anilines is 1. The Labute approximate surface area is 121 Å². The molecule has 1 heteroatoms. The minimum absolute atomic E-state index is 0.490. The first kappa shape index (κ1) is 12.0. The fourth-order valence-electron chi connectivity index (χ4n) is 3.73. The number of nitrogens with one attached hydrogen (secondary N) is 1. The SMILES string of the molecule is Cc1ccc2c(c1)C(Nc1ccc3c(c1)CCC3)CC2. The lowest BCUT2D eigenvalue weighted by Gasteiger charge is -2.17. The maximum absolute atomic E-state index is 3.75. The van der Waals surface area contributed by atoms with Crippen molar-refractivity contribution >= 4 is 5.69 Å². The van der Waals surface area contributed by atoms with Crippen LogP contribution in [0.15, 0.2) is 36.4 Å². The van der Waals surface area contributed by atoms with Crippen molar-refractivity contribution < 1.29 is 0 Å². The zero-order valence-electron chi connectivity index (χ0n) is 12.1. The molecule has 0 saturated heterocycles. The van der Waals surface area contributed by atoms with Crippen LogP contribution in [0.1, 0.15) is 46.7 Å². The number of rotatable bonds is 2. The van der Waals surface area contributed by atoms with Crippen molar-refractivity contribution in [2.45, 2.75) is 45.1 Å². The Bertz CT molecular complexity index is 657. The molecule has 0 bridgehead atoms. The molecule has 0 heterocycles. The molecule has 0 amide bonds. The topological polar surface area (TPSA) is 12.0 Å². The van der Waals surface area contributed by atoms with E-state index in [1.165, 1.54) is 54.5 Å². The summed E-state index contributed by atoms with van der Waals surface area (Å²) < 4.78 is 0. The van der Waals surface area contributed by atoms with Crippen molar-refractivity contribution in [1.82, 2.24) is 0 Å². The molecule has 2 aromatic carbocycles. The number of hydrogen-bond acceptors (Lipinski definition) is 1. The fourth-order valence-corrected chi connectivity index (χ4v) is 3.73. The molecular weight excluding hydrogens is 242 g/mol. The van der Waals surface area contributed by atoms with E-state index in [1.807, 2.05) is 0 Å². The summed E-state index contributed by atoms with van der Waals surface area (Å²) in [5, 5.41) is 3.75. The molecule has 20 heavy (non-hydrogen) atoms. The highest BCUT2D eigenvalue weighted by Gasteiger charge is 2.22. The van der Waals surface area contributed by atoms with Gasteiger partial charge in [0.2, 0.25) is 0 Å². The van der Waals surface area contributed by atoms with E-state index in [1.54, 1.807) is 11.1 Å². The van der Waals surface area contributed by atoms with Gasteiger partial charge < -0.3 is 5.32 Å². The lowest BCUT2D eigenvalue weighted by atomic mass is 10.0. The van der Waals surface area contributed by atoms with Gasteiger partial charge in [-0.3, -0.25) is 0 Å². The first-order valence-electron chi connectivity index (χ1n) is 7.77. The fraction of sp³-hybridized carbons (Fsp3) is 0.368. The Kier molecular flexibility index (Phi) is 2.80. The summed E-state index contributed by atoms with van der Waals surface area (Å²) in [6.45, 7) is 2.19. The lowest BCUT2D eigenvalue weighted by Crippen LogP contribution is -2.07. The molecular formula is C19H21N. The van der Waals surface area contributed by atoms with Crippen LogP contribution in [-0.4, -0.2) is 0 Å². The predicted octanol–water partition coefficient (Wildman–Crippen LogP) is 4.58. The second-order valence-corrected chi connectivity index (χ2v) is 6.27. The van der Waals surface area contributed by atoms with E-state index >= 15 is 0 Å². The van der Waals surface area contributed by atoms with Gasteiger partial charge in [-0.1, -0.05) is 29.8 Å². The molecule has 0 saturated carbocycles. The van der Waals surface area contributed by atoms with Gasteiger partial charge >= 0.3 is 0 Å². The molecule has 4 rings (SSSR count). The van der Waals surface area contributed by atoms with Gasteiger partial charge in [0.05, 0.1) is 6.04 Å². The Morgan fingerprint density at radius 1 is 0.900 bits per heavy atom. The monoisotopic (exact) mass is 263 g/mol. The second-order valence-electron chi connectivity index (χ2n) is 6.27. The Morgan fingerprint density at radius 3 is 2.70 bits per heavy atom. The van der Waals surface area contributed by atoms with Crippen molar-refractivity contribution in [3.05, 3.63) is 64.2 Å². The van der Waals surface area contributed by atoms with Gasteiger partial charge in [0.25, 0.3) is 0 Å². The average Bonchev–Trinajstić information content (AvgIpc) is 3.05. The molecule has 1 atom stereocenters. The Balaban J connectivity index is 1.60. The predicted molar refractivity (Wildman–Crippen MR) is 84.3 cm³/mol. The van der Waals surface area contributed by atoms with Crippen LogP contribution in [-0.2, 0) is 19.3 Å². The van der Waals surface area contributed by atoms with E-state index in [4.69, 9.17) is 0 Å². The molecule has 0 aromatic heterocycles. The van der Waals surface area contributed by atoms with Gasteiger partial charge in [0, 0.05) is 5.69 Å². The van der Waals surface area contributed by atoms with E-state index in [0.717, 1.165) is 0 Å².